The average molecular weight is 858 g/mol. The molecule has 0 radical (unpaired) electrons. The lowest BCUT2D eigenvalue weighted by molar-refractivity contribution is -0.156. The number of hydrogen-bond acceptors (Lipinski definition) is 13. The molecule has 4 aromatic heterocycles. The van der Waals surface area contributed by atoms with Crippen LogP contribution < -0.4 is 26.3 Å². The molecular formula is C48H59N9O6. The fraction of sp³-hybridized carbons (Fsp3) is 0.438. The first-order chi connectivity index (χ1) is 30.4. The monoisotopic (exact) mass is 857 g/mol. The number of hydrogen-bond donors (Lipinski definition) is 1. The summed E-state index contributed by atoms with van der Waals surface area (Å²) in [4.78, 5) is 59.5. The number of nitrogens with zero attached hydrogens (tertiary/aromatic N) is 8. The van der Waals surface area contributed by atoms with E-state index in [1.54, 1.807) is 48.1 Å². The van der Waals surface area contributed by atoms with Gasteiger partial charge in [-0.25, -0.2) is 9.97 Å². The number of fused-ring (bicyclic) bond motifs is 2. The van der Waals surface area contributed by atoms with Gasteiger partial charge >= 0.3 is 5.97 Å². The molecule has 15 heteroatoms. The van der Waals surface area contributed by atoms with Crippen LogP contribution in [0.15, 0.2) is 95.3 Å². The van der Waals surface area contributed by atoms with Gasteiger partial charge in [0.15, 0.2) is 0 Å². The van der Waals surface area contributed by atoms with Gasteiger partial charge in [-0.1, -0.05) is 0 Å². The van der Waals surface area contributed by atoms with E-state index < -0.39 is 5.60 Å². The van der Waals surface area contributed by atoms with Crippen LogP contribution in [0.1, 0.15) is 52.9 Å². The minimum Gasteiger partial charge on any atom is -0.497 e. The lowest BCUT2D eigenvalue weighted by Crippen LogP contribution is -2.41. The fourth-order valence-electron chi connectivity index (χ4n) is 8.38. The summed E-state index contributed by atoms with van der Waals surface area (Å²) >= 11 is 0. The van der Waals surface area contributed by atoms with E-state index in [2.05, 4.69) is 29.7 Å². The third kappa shape index (κ3) is 11.5. The molecule has 2 saturated heterocycles. The zero-order valence-electron chi connectivity index (χ0n) is 37.0. The van der Waals surface area contributed by atoms with Gasteiger partial charge in [-0.3, -0.25) is 24.4 Å². The summed E-state index contributed by atoms with van der Waals surface area (Å²) in [5.74, 6) is 1.60. The number of rotatable bonds is 12. The smallest absolute Gasteiger partial charge is 0.306 e. The molecule has 0 spiro atoms. The van der Waals surface area contributed by atoms with E-state index in [1.165, 1.54) is 12.4 Å². The summed E-state index contributed by atoms with van der Waals surface area (Å²) in [6, 6.07) is 15.7. The number of methoxy groups -OCH3 is 2. The highest BCUT2D eigenvalue weighted by atomic mass is 16.6. The fourth-order valence-corrected chi connectivity index (χ4v) is 8.38. The second kappa shape index (κ2) is 20.4. The van der Waals surface area contributed by atoms with Crippen molar-refractivity contribution in [2.45, 2.75) is 77.6 Å². The third-order valence-electron chi connectivity index (χ3n) is 11.8. The van der Waals surface area contributed by atoms with Crippen LogP contribution in [0.3, 0.4) is 0 Å². The third-order valence-corrected chi connectivity index (χ3v) is 11.8. The second-order valence-electron chi connectivity index (χ2n) is 17.3. The van der Waals surface area contributed by atoms with Crippen molar-refractivity contribution in [3.63, 3.8) is 0 Å². The molecule has 2 aliphatic rings. The lowest BCUT2D eigenvalue weighted by Gasteiger charge is -2.32. The Bertz CT molecular complexity index is 2600. The first kappa shape index (κ1) is 45.0. The summed E-state index contributed by atoms with van der Waals surface area (Å²) in [5, 5.41) is 0. The first-order valence-corrected chi connectivity index (χ1v) is 21.8. The van der Waals surface area contributed by atoms with E-state index in [0.717, 1.165) is 109 Å². The summed E-state index contributed by atoms with van der Waals surface area (Å²) < 4.78 is 20.1. The molecule has 2 fully saturated rings. The van der Waals surface area contributed by atoms with Crippen LogP contribution in [0.5, 0.6) is 11.5 Å². The highest BCUT2D eigenvalue weighted by molar-refractivity contribution is 5.94. The predicted octanol–water partition coefficient (Wildman–Crippen LogP) is 5.80. The van der Waals surface area contributed by atoms with Crippen molar-refractivity contribution in [1.29, 1.82) is 0 Å². The molecule has 0 unspecified atom stereocenters. The summed E-state index contributed by atoms with van der Waals surface area (Å²) in [6.07, 6.45) is 14.2. The predicted molar refractivity (Wildman–Crippen MR) is 245 cm³/mol. The number of ether oxygens (including phenoxy) is 3. The number of benzene rings is 2. The van der Waals surface area contributed by atoms with Crippen LogP contribution in [-0.4, -0.2) is 110 Å². The van der Waals surface area contributed by atoms with Crippen LogP contribution >= 0.6 is 0 Å². The van der Waals surface area contributed by atoms with Crippen molar-refractivity contribution in [2.75, 3.05) is 53.5 Å². The van der Waals surface area contributed by atoms with Gasteiger partial charge < -0.3 is 38.9 Å². The highest BCUT2D eigenvalue weighted by Crippen LogP contribution is 2.33. The molecule has 0 aliphatic carbocycles. The van der Waals surface area contributed by atoms with Crippen LogP contribution in [0, 0.1) is 5.92 Å². The Hall–Kier alpha value is -6.03. The maximum absolute atomic E-state index is 12.8. The van der Waals surface area contributed by atoms with Gasteiger partial charge in [0.1, 0.15) is 17.1 Å². The Balaban J connectivity index is 0.000000193. The van der Waals surface area contributed by atoms with Gasteiger partial charge in [-0.2, -0.15) is 0 Å². The molecule has 6 heterocycles. The van der Waals surface area contributed by atoms with E-state index in [9.17, 15) is 14.4 Å². The zero-order valence-corrected chi connectivity index (χ0v) is 37.0. The first-order valence-electron chi connectivity index (χ1n) is 21.8. The Kier molecular flexibility index (Phi) is 14.6. The van der Waals surface area contributed by atoms with Gasteiger partial charge in [-0.15, -0.1) is 0 Å². The number of piperidine rings is 2. The van der Waals surface area contributed by atoms with Crippen molar-refractivity contribution < 1.29 is 19.0 Å². The Morgan fingerprint density at radius 2 is 1.10 bits per heavy atom. The number of pyridine rings is 2. The Labute approximate surface area is 367 Å². The number of carbonyl (C=O) groups is 1. The summed E-state index contributed by atoms with van der Waals surface area (Å²) in [6.45, 7) is 12.2. The van der Waals surface area contributed by atoms with E-state index >= 15 is 0 Å². The Morgan fingerprint density at radius 1 is 0.667 bits per heavy atom. The summed E-state index contributed by atoms with van der Waals surface area (Å²) in [7, 11) is 3.25. The van der Waals surface area contributed by atoms with Gasteiger partial charge in [0.05, 0.1) is 48.7 Å². The van der Waals surface area contributed by atoms with Gasteiger partial charge in [-0.05, 0) is 126 Å². The standard InChI is InChI=1S/C27H34N4O4.C21H25N5O2/c1-27(2,3)35-25(33)15-19-7-11-30(12-8-19)13-14-31-23-17-21(34-4)16-22(20-5-9-28-10-6-20)26(23)29-18-24(31)32;1-28-17-12-18(15-2-6-23-7-3-15)21-19(13-17)26(20(27)14-24-21)11-10-25-8-4-16(22)5-9-25/h5-6,9-10,16-19H,7-8,11-15H2,1-4H3;2-3,6-7,12-14,16H,4-5,8-11,22H2,1H3. The number of esters is 1. The van der Waals surface area contributed by atoms with Crippen molar-refractivity contribution in [2.24, 2.45) is 11.7 Å². The lowest BCUT2D eigenvalue weighted by atomic mass is 9.93. The number of aromatic nitrogens is 6. The molecule has 332 valence electrons. The van der Waals surface area contributed by atoms with Crippen molar-refractivity contribution in [3.05, 3.63) is 106 Å². The minimum atomic E-state index is -0.446. The quantitative estimate of drug-likeness (QED) is 0.147. The van der Waals surface area contributed by atoms with E-state index in [4.69, 9.17) is 19.9 Å². The van der Waals surface area contributed by atoms with E-state index in [-0.39, 0.29) is 17.1 Å². The molecule has 63 heavy (non-hydrogen) atoms. The maximum atomic E-state index is 12.8. The van der Waals surface area contributed by atoms with Crippen molar-refractivity contribution in [3.8, 4) is 33.8 Å². The maximum Gasteiger partial charge on any atom is 0.306 e. The van der Waals surface area contributed by atoms with Crippen molar-refractivity contribution >= 4 is 28.0 Å². The van der Waals surface area contributed by atoms with Crippen LogP contribution in [0.25, 0.3) is 44.3 Å². The van der Waals surface area contributed by atoms with Crippen molar-refractivity contribution in [1.82, 2.24) is 38.9 Å². The largest absolute Gasteiger partial charge is 0.497 e. The highest BCUT2D eigenvalue weighted by Gasteiger charge is 2.25. The molecule has 15 nitrogen and oxygen atoms in total. The molecule has 0 amide bonds. The average Bonchev–Trinajstić information content (AvgIpc) is 3.28. The second-order valence-corrected chi connectivity index (χ2v) is 17.3. The normalized spacial score (nSPS) is 15.5. The molecule has 2 N–H and O–H groups in total. The number of likely N-dealkylation sites (tertiary alicyclic amines) is 2. The van der Waals surface area contributed by atoms with Gasteiger partial charge in [0, 0.05) is 86.7 Å². The molecule has 2 aliphatic heterocycles. The molecule has 0 atom stereocenters. The molecule has 0 saturated carbocycles. The molecule has 0 bridgehead atoms. The van der Waals surface area contributed by atoms with Crippen LogP contribution in [-0.2, 0) is 22.6 Å². The number of carbonyl (C=O) groups excluding carboxylic acids is 1. The SMILES string of the molecule is COc1cc(-c2ccncc2)c2ncc(=O)n(CCN3CCC(CC(=O)OC(C)(C)C)CC3)c2c1.COc1cc(-c2ccncc2)c2ncc(=O)n(CCN3CCC(N)CC3)c2c1. The minimum absolute atomic E-state index is 0.102. The van der Waals surface area contributed by atoms with E-state index in [1.807, 2.05) is 69.3 Å². The van der Waals surface area contributed by atoms with Crippen LogP contribution in [0.2, 0.25) is 0 Å². The number of nitrogens with two attached hydrogens (primary N) is 1. The van der Waals surface area contributed by atoms with E-state index in [0.29, 0.717) is 43.0 Å². The summed E-state index contributed by atoms with van der Waals surface area (Å²) in [5.41, 5.74) is 12.2. The van der Waals surface area contributed by atoms with Gasteiger partial charge in [0.25, 0.3) is 11.1 Å². The topological polar surface area (TPSA) is 173 Å². The molecule has 2 aromatic carbocycles. The molecule has 6 aromatic rings. The molecular weight excluding hydrogens is 799 g/mol. The van der Waals surface area contributed by atoms with Gasteiger partial charge in [0.2, 0.25) is 0 Å². The molecule has 8 rings (SSSR count). The Morgan fingerprint density at radius 3 is 1.51 bits per heavy atom. The van der Waals surface area contributed by atoms with Crippen LogP contribution in [0.4, 0.5) is 0 Å². The zero-order chi connectivity index (χ0) is 44.5.